The van der Waals surface area contributed by atoms with Crippen molar-refractivity contribution in [2.45, 2.75) is 39.5 Å². The van der Waals surface area contributed by atoms with Crippen molar-refractivity contribution in [3.63, 3.8) is 0 Å². The largest absolute Gasteiger partial charge is 0.384 e. The molecular formula is C14H24N4O. The number of ether oxygens (including phenoxy) is 1. The van der Waals surface area contributed by atoms with Gasteiger partial charge in [0, 0.05) is 26.8 Å². The van der Waals surface area contributed by atoms with Gasteiger partial charge in [-0.3, -0.25) is 0 Å². The highest BCUT2D eigenvalue weighted by Gasteiger charge is 2.21. The first-order chi connectivity index (χ1) is 9.28. The maximum absolute atomic E-state index is 5.23. The van der Waals surface area contributed by atoms with Crippen LogP contribution in [0.5, 0.6) is 0 Å². The van der Waals surface area contributed by atoms with Crippen LogP contribution in [-0.2, 0) is 17.6 Å². The minimum Gasteiger partial charge on any atom is -0.384 e. The van der Waals surface area contributed by atoms with E-state index >= 15 is 0 Å². The van der Waals surface area contributed by atoms with Gasteiger partial charge < -0.3 is 9.64 Å². The standard InChI is InChI=1S/C14H24N4O/c1-4-12-13(5-2)16-17-14(15-12)18-8-6-11(7-9-18)10-19-3/h11H,4-10H2,1-3H3. The fourth-order valence-corrected chi connectivity index (χ4v) is 2.60. The van der Waals surface area contributed by atoms with E-state index in [2.05, 4.69) is 33.9 Å². The molecule has 0 aliphatic carbocycles. The van der Waals surface area contributed by atoms with Crippen molar-refractivity contribution in [1.82, 2.24) is 15.2 Å². The smallest absolute Gasteiger partial charge is 0.245 e. The molecule has 1 aliphatic rings. The van der Waals surface area contributed by atoms with Crippen LogP contribution in [0.15, 0.2) is 0 Å². The molecule has 1 aliphatic heterocycles. The third kappa shape index (κ3) is 3.41. The first-order valence-electron chi connectivity index (χ1n) is 7.24. The lowest BCUT2D eigenvalue weighted by atomic mass is 9.98. The average Bonchev–Trinajstić information content (AvgIpc) is 2.47. The van der Waals surface area contributed by atoms with E-state index in [9.17, 15) is 0 Å². The summed E-state index contributed by atoms with van der Waals surface area (Å²) in [5, 5.41) is 8.61. The molecule has 1 aromatic rings. The van der Waals surface area contributed by atoms with E-state index < -0.39 is 0 Å². The molecule has 5 nitrogen and oxygen atoms in total. The number of hydrogen-bond donors (Lipinski definition) is 0. The Kier molecular flexibility index (Phi) is 5.07. The highest BCUT2D eigenvalue weighted by molar-refractivity contribution is 5.31. The Bertz CT molecular complexity index is 402. The Balaban J connectivity index is 2.03. The summed E-state index contributed by atoms with van der Waals surface area (Å²) >= 11 is 0. The number of anilines is 1. The minimum atomic E-state index is 0.676. The lowest BCUT2D eigenvalue weighted by molar-refractivity contribution is 0.139. The molecule has 106 valence electrons. The molecule has 2 heterocycles. The van der Waals surface area contributed by atoms with Crippen LogP contribution in [0.1, 0.15) is 38.1 Å². The Morgan fingerprint density at radius 1 is 1.11 bits per heavy atom. The minimum absolute atomic E-state index is 0.676. The molecule has 0 aromatic carbocycles. The average molecular weight is 264 g/mol. The predicted octanol–water partition coefficient (Wildman–Crippen LogP) is 1.86. The summed E-state index contributed by atoms with van der Waals surface area (Å²) in [6.45, 7) is 7.09. The molecule has 0 atom stereocenters. The molecule has 2 rings (SSSR count). The fraction of sp³-hybridized carbons (Fsp3) is 0.786. The van der Waals surface area contributed by atoms with Crippen molar-refractivity contribution in [3.8, 4) is 0 Å². The molecule has 1 saturated heterocycles. The van der Waals surface area contributed by atoms with E-state index in [0.717, 1.165) is 62.7 Å². The highest BCUT2D eigenvalue weighted by atomic mass is 16.5. The van der Waals surface area contributed by atoms with E-state index in [0.29, 0.717) is 5.92 Å². The van der Waals surface area contributed by atoms with Gasteiger partial charge >= 0.3 is 0 Å². The summed E-state index contributed by atoms with van der Waals surface area (Å²) in [5.41, 5.74) is 2.12. The van der Waals surface area contributed by atoms with Gasteiger partial charge in [0.15, 0.2) is 0 Å². The van der Waals surface area contributed by atoms with Gasteiger partial charge in [0.1, 0.15) is 0 Å². The maximum Gasteiger partial charge on any atom is 0.245 e. The van der Waals surface area contributed by atoms with E-state index in [-0.39, 0.29) is 0 Å². The van der Waals surface area contributed by atoms with E-state index in [4.69, 9.17) is 4.74 Å². The number of hydrogen-bond acceptors (Lipinski definition) is 5. The highest BCUT2D eigenvalue weighted by Crippen LogP contribution is 2.21. The molecule has 19 heavy (non-hydrogen) atoms. The molecule has 0 spiro atoms. The van der Waals surface area contributed by atoms with Crippen LogP contribution >= 0.6 is 0 Å². The SMILES string of the molecule is CCc1nnc(N2CCC(COC)CC2)nc1CC. The van der Waals surface area contributed by atoms with E-state index in [1.54, 1.807) is 7.11 Å². The van der Waals surface area contributed by atoms with Gasteiger partial charge in [0.2, 0.25) is 5.95 Å². The Morgan fingerprint density at radius 3 is 2.37 bits per heavy atom. The molecule has 5 heteroatoms. The monoisotopic (exact) mass is 264 g/mol. The van der Waals surface area contributed by atoms with Gasteiger partial charge in [-0.25, -0.2) is 4.98 Å². The second-order valence-electron chi connectivity index (χ2n) is 5.10. The van der Waals surface area contributed by atoms with Gasteiger partial charge in [0.25, 0.3) is 0 Å². The maximum atomic E-state index is 5.23. The second kappa shape index (κ2) is 6.80. The van der Waals surface area contributed by atoms with Crippen molar-refractivity contribution in [3.05, 3.63) is 11.4 Å². The summed E-state index contributed by atoms with van der Waals surface area (Å²) in [6.07, 6.45) is 4.12. The number of methoxy groups -OCH3 is 1. The number of rotatable bonds is 5. The first-order valence-corrected chi connectivity index (χ1v) is 7.24. The molecule has 1 aromatic heterocycles. The van der Waals surface area contributed by atoms with Crippen LogP contribution < -0.4 is 4.90 Å². The summed E-state index contributed by atoms with van der Waals surface area (Å²) in [5.74, 6) is 1.47. The zero-order chi connectivity index (χ0) is 13.7. The fourth-order valence-electron chi connectivity index (χ4n) is 2.60. The first kappa shape index (κ1) is 14.2. The molecule has 0 bridgehead atoms. The molecule has 0 saturated carbocycles. The molecular weight excluding hydrogens is 240 g/mol. The van der Waals surface area contributed by atoms with Crippen molar-refractivity contribution < 1.29 is 4.74 Å². The van der Waals surface area contributed by atoms with Crippen molar-refractivity contribution >= 4 is 5.95 Å². The molecule has 0 radical (unpaired) electrons. The number of aromatic nitrogens is 3. The second-order valence-corrected chi connectivity index (χ2v) is 5.10. The van der Waals surface area contributed by atoms with Gasteiger partial charge in [-0.2, -0.15) is 5.10 Å². The molecule has 1 fully saturated rings. The topological polar surface area (TPSA) is 51.1 Å². The zero-order valence-corrected chi connectivity index (χ0v) is 12.2. The number of aryl methyl sites for hydroxylation is 2. The van der Waals surface area contributed by atoms with Crippen molar-refractivity contribution in [2.75, 3.05) is 31.7 Å². The number of piperidine rings is 1. The predicted molar refractivity (Wildman–Crippen MR) is 75.4 cm³/mol. The Morgan fingerprint density at radius 2 is 1.79 bits per heavy atom. The lowest BCUT2D eigenvalue weighted by Gasteiger charge is -2.31. The van der Waals surface area contributed by atoms with Crippen LogP contribution in [0.3, 0.4) is 0 Å². The van der Waals surface area contributed by atoms with Crippen LogP contribution in [0.4, 0.5) is 5.95 Å². The summed E-state index contributed by atoms with van der Waals surface area (Å²) in [6, 6.07) is 0. The molecule has 0 unspecified atom stereocenters. The third-order valence-corrected chi connectivity index (χ3v) is 3.80. The van der Waals surface area contributed by atoms with Crippen LogP contribution in [0, 0.1) is 5.92 Å². The van der Waals surface area contributed by atoms with E-state index in [1.165, 1.54) is 0 Å². The van der Waals surface area contributed by atoms with E-state index in [1.807, 2.05) is 0 Å². The quantitative estimate of drug-likeness (QED) is 0.812. The van der Waals surface area contributed by atoms with Gasteiger partial charge in [-0.15, -0.1) is 5.10 Å². The zero-order valence-electron chi connectivity index (χ0n) is 12.2. The summed E-state index contributed by atoms with van der Waals surface area (Å²) in [4.78, 5) is 6.93. The third-order valence-electron chi connectivity index (χ3n) is 3.80. The summed E-state index contributed by atoms with van der Waals surface area (Å²) in [7, 11) is 1.77. The molecule has 0 amide bonds. The Hall–Kier alpha value is -1.23. The van der Waals surface area contributed by atoms with Gasteiger partial charge in [-0.05, 0) is 31.6 Å². The number of nitrogens with zero attached hydrogens (tertiary/aromatic N) is 4. The normalized spacial score (nSPS) is 16.9. The van der Waals surface area contributed by atoms with Crippen molar-refractivity contribution in [2.24, 2.45) is 5.92 Å². The van der Waals surface area contributed by atoms with Crippen molar-refractivity contribution in [1.29, 1.82) is 0 Å². The van der Waals surface area contributed by atoms with Gasteiger partial charge in [0.05, 0.1) is 11.4 Å². The van der Waals surface area contributed by atoms with Crippen LogP contribution in [0.25, 0.3) is 0 Å². The van der Waals surface area contributed by atoms with Gasteiger partial charge in [-0.1, -0.05) is 13.8 Å². The lowest BCUT2D eigenvalue weighted by Crippen LogP contribution is -2.36. The summed E-state index contributed by atoms with van der Waals surface area (Å²) < 4.78 is 5.23. The Labute approximate surface area is 115 Å². The van der Waals surface area contributed by atoms with Crippen LogP contribution in [-0.4, -0.2) is 42.0 Å². The molecule has 0 N–H and O–H groups in total. The van der Waals surface area contributed by atoms with Crippen LogP contribution in [0.2, 0.25) is 0 Å².